The minimum absolute atomic E-state index is 0.646. The maximum absolute atomic E-state index is 5.37. The van der Waals surface area contributed by atoms with E-state index in [0.717, 1.165) is 44.7 Å². The van der Waals surface area contributed by atoms with Crippen LogP contribution in [0.1, 0.15) is 59.8 Å². The summed E-state index contributed by atoms with van der Waals surface area (Å²) in [5, 5.41) is 3.60. The lowest BCUT2D eigenvalue weighted by atomic mass is 10.1. The maximum Gasteiger partial charge on any atom is 0.0477 e. The van der Waals surface area contributed by atoms with E-state index in [-0.39, 0.29) is 0 Å². The minimum atomic E-state index is 0.646. The Morgan fingerprint density at radius 3 is 2.50 bits per heavy atom. The van der Waals surface area contributed by atoms with Crippen LogP contribution in [-0.2, 0) is 4.74 Å². The Bertz CT molecular complexity index is 227. The van der Waals surface area contributed by atoms with Gasteiger partial charge in [0.15, 0.2) is 0 Å². The summed E-state index contributed by atoms with van der Waals surface area (Å²) in [5.74, 6) is 0.760. The fourth-order valence-corrected chi connectivity index (χ4v) is 3.22. The van der Waals surface area contributed by atoms with Gasteiger partial charge in [-0.1, -0.05) is 26.7 Å². The molecule has 1 saturated carbocycles. The molecule has 0 aromatic rings. The van der Waals surface area contributed by atoms with Gasteiger partial charge < -0.3 is 10.1 Å². The third-order valence-electron chi connectivity index (χ3n) is 4.22. The second-order valence-corrected chi connectivity index (χ2v) is 6.63. The highest BCUT2D eigenvalue weighted by Crippen LogP contribution is 2.25. The van der Waals surface area contributed by atoms with Crippen molar-refractivity contribution < 1.29 is 4.74 Å². The summed E-state index contributed by atoms with van der Waals surface area (Å²) in [4.78, 5) is 2.76. The van der Waals surface area contributed by atoms with Crippen LogP contribution in [0, 0.1) is 5.92 Å². The van der Waals surface area contributed by atoms with Crippen LogP contribution in [-0.4, -0.2) is 49.8 Å². The van der Waals surface area contributed by atoms with Gasteiger partial charge in [-0.2, -0.15) is 0 Å². The molecule has 1 aliphatic rings. The van der Waals surface area contributed by atoms with Crippen molar-refractivity contribution in [3.8, 4) is 0 Å². The molecule has 0 bridgehead atoms. The van der Waals surface area contributed by atoms with E-state index in [1.165, 1.54) is 32.2 Å². The topological polar surface area (TPSA) is 24.5 Å². The van der Waals surface area contributed by atoms with Crippen molar-refractivity contribution in [2.45, 2.75) is 71.9 Å². The van der Waals surface area contributed by atoms with E-state index in [1.54, 1.807) is 0 Å². The number of nitrogens with zero attached hydrogens (tertiary/aromatic N) is 1. The van der Waals surface area contributed by atoms with Gasteiger partial charge in [0.25, 0.3) is 0 Å². The predicted molar refractivity (Wildman–Crippen MR) is 87.2 cm³/mol. The molecule has 0 aromatic heterocycles. The highest BCUT2D eigenvalue weighted by Gasteiger charge is 2.26. The average Bonchev–Trinajstić information content (AvgIpc) is 2.93. The van der Waals surface area contributed by atoms with Gasteiger partial charge in [0, 0.05) is 38.4 Å². The first-order valence-electron chi connectivity index (χ1n) is 8.69. The zero-order chi connectivity index (χ0) is 14.8. The minimum Gasteiger partial charge on any atom is -0.382 e. The molecule has 3 nitrogen and oxygen atoms in total. The molecule has 0 saturated heterocycles. The zero-order valence-corrected chi connectivity index (χ0v) is 14.2. The van der Waals surface area contributed by atoms with Crippen LogP contribution in [0.15, 0.2) is 0 Å². The summed E-state index contributed by atoms with van der Waals surface area (Å²) in [6.45, 7) is 14.3. The SMILES string of the molecule is CCOCCCNCC(C)N(CC(C)C)C1CCCC1. The summed E-state index contributed by atoms with van der Waals surface area (Å²) in [6.07, 6.45) is 6.78. The van der Waals surface area contributed by atoms with Gasteiger partial charge >= 0.3 is 0 Å². The van der Waals surface area contributed by atoms with Crippen LogP contribution in [0.2, 0.25) is 0 Å². The summed E-state index contributed by atoms with van der Waals surface area (Å²) in [6, 6.07) is 1.48. The third-order valence-corrected chi connectivity index (χ3v) is 4.22. The zero-order valence-electron chi connectivity index (χ0n) is 14.2. The molecule has 1 fully saturated rings. The fraction of sp³-hybridized carbons (Fsp3) is 1.00. The molecule has 1 N–H and O–H groups in total. The van der Waals surface area contributed by atoms with Gasteiger partial charge in [0.05, 0.1) is 0 Å². The van der Waals surface area contributed by atoms with Gasteiger partial charge in [-0.25, -0.2) is 0 Å². The van der Waals surface area contributed by atoms with Crippen LogP contribution in [0.25, 0.3) is 0 Å². The van der Waals surface area contributed by atoms with E-state index in [9.17, 15) is 0 Å². The molecule has 1 rings (SSSR count). The Morgan fingerprint density at radius 2 is 1.90 bits per heavy atom. The Labute approximate surface area is 126 Å². The van der Waals surface area contributed by atoms with E-state index >= 15 is 0 Å². The fourth-order valence-electron chi connectivity index (χ4n) is 3.22. The third kappa shape index (κ3) is 7.05. The molecule has 0 aromatic carbocycles. The quantitative estimate of drug-likeness (QED) is 0.589. The van der Waals surface area contributed by atoms with Crippen molar-refractivity contribution >= 4 is 0 Å². The lowest BCUT2D eigenvalue weighted by Crippen LogP contribution is -2.47. The number of hydrogen-bond acceptors (Lipinski definition) is 3. The first-order valence-corrected chi connectivity index (χ1v) is 8.69. The highest BCUT2D eigenvalue weighted by atomic mass is 16.5. The molecule has 1 atom stereocenters. The van der Waals surface area contributed by atoms with Crippen LogP contribution in [0.4, 0.5) is 0 Å². The van der Waals surface area contributed by atoms with Crippen molar-refractivity contribution in [1.29, 1.82) is 0 Å². The molecule has 0 radical (unpaired) electrons. The van der Waals surface area contributed by atoms with Crippen molar-refractivity contribution in [1.82, 2.24) is 10.2 Å². The van der Waals surface area contributed by atoms with Crippen molar-refractivity contribution in [2.75, 3.05) is 32.8 Å². The molecule has 0 heterocycles. The summed E-state index contributed by atoms with van der Waals surface area (Å²) in [7, 11) is 0. The van der Waals surface area contributed by atoms with Gasteiger partial charge in [-0.3, -0.25) is 4.90 Å². The lowest BCUT2D eigenvalue weighted by Gasteiger charge is -2.36. The molecule has 120 valence electrons. The average molecular weight is 284 g/mol. The van der Waals surface area contributed by atoms with E-state index < -0.39 is 0 Å². The molecular formula is C17H36N2O. The smallest absolute Gasteiger partial charge is 0.0477 e. The molecule has 0 spiro atoms. The van der Waals surface area contributed by atoms with Crippen molar-refractivity contribution in [3.63, 3.8) is 0 Å². The first kappa shape index (κ1) is 17.9. The maximum atomic E-state index is 5.37. The molecule has 1 unspecified atom stereocenters. The Hall–Kier alpha value is -0.120. The molecular weight excluding hydrogens is 248 g/mol. The van der Waals surface area contributed by atoms with Crippen LogP contribution in [0.5, 0.6) is 0 Å². The monoisotopic (exact) mass is 284 g/mol. The van der Waals surface area contributed by atoms with E-state index in [2.05, 4.69) is 37.9 Å². The Morgan fingerprint density at radius 1 is 1.20 bits per heavy atom. The number of rotatable bonds is 11. The molecule has 0 aliphatic heterocycles. The summed E-state index contributed by atoms with van der Waals surface area (Å²) in [5.41, 5.74) is 0. The van der Waals surface area contributed by atoms with Crippen LogP contribution >= 0.6 is 0 Å². The lowest BCUT2D eigenvalue weighted by molar-refractivity contribution is 0.122. The number of nitrogens with one attached hydrogen (secondary N) is 1. The van der Waals surface area contributed by atoms with E-state index in [4.69, 9.17) is 4.74 Å². The molecule has 20 heavy (non-hydrogen) atoms. The molecule has 3 heteroatoms. The van der Waals surface area contributed by atoms with Gasteiger partial charge in [0.2, 0.25) is 0 Å². The van der Waals surface area contributed by atoms with Crippen molar-refractivity contribution in [2.24, 2.45) is 5.92 Å². The predicted octanol–water partition coefficient (Wildman–Crippen LogP) is 3.29. The van der Waals surface area contributed by atoms with Crippen LogP contribution in [0.3, 0.4) is 0 Å². The van der Waals surface area contributed by atoms with E-state index in [0.29, 0.717) is 6.04 Å². The van der Waals surface area contributed by atoms with Gasteiger partial charge in [-0.05, 0) is 45.6 Å². The number of ether oxygens (including phenoxy) is 1. The van der Waals surface area contributed by atoms with Crippen LogP contribution < -0.4 is 5.32 Å². The van der Waals surface area contributed by atoms with Gasteiger partial charge in [0.1, 0.15) is 0 Å². The Kier molecular flexibility index (Phi) is 9.49. The van der Waals surface area contributed by atoms with E-state index in [1.807, 2.05) is 0 Å². The standard InChI is InChI=1S/C17H36N2O/c1-5-20-12-8-11-18-13-16(4)19(14-15(2)3)17-9-6-7-10-17/h15-18H,5-14H2,1-4H3. The second-order valence-electron chi connectivity index (χ2n) is 6.63. The first-order chi connectivity index (χ1) is 9.65. The largest absolute Gasteiger partial charge is 0.382 e. The summed E-state index contributed by atoms with van der Waals surface area (Å²) < 4.78 is 5.37. The van der Waals surface area contributed by atoms with Gasteiger partial charge in [-0.15, -0.1) is 0 Å². The second kappa shape index (κ2) is 10.6. The number of hydrogen-bond donors (Lipinski definition) is 1. The van der Waals surface area contributed by atoms with Crippen molar-refractivity contribution in [3.05, 3.63) is 0 Å². The summed E-state index contributed by atoms with van der Waals surface area (Å²) >= 11 is 0. The Balaban J connectivity index is 2.25. The molecule has 1 aliphatic carbocycles. The molecule has 0 amide bonds. The normalized spacial score (nSPS) is 18.3. The highest BCUT2D eigenvalue weighted by molar-refractivity contribution is 4.82.